The van der Waals surface area contributed by atoms with E-state index in [1.807, 2.05) is 24.4 Å². The third-order valence-electron chi connectivity index (χ3n) is 2.26. The zero-order valence-electron chi connectivity index (χ0n) is 9.43. The van der Waals surface area contributed by atoms with Crippen LogP contribution in [0.1, 0.15) is 18.2 Å². The largest absolute Gasteiger partial charge is 0.330 e. The van der Waals surface area contributed by atoms with Gasteiger partial charge in [-0.3, -0.25) is 0 Å². The maximum Gasteiger partial charge on any atom is 0.214 e. The lowest BCUT2D eigenvalue weighted by molar-refractivity contribution is 0.425. The van der Waals surface area contributed by atoms with Crippen molar-refractivity contribution < 1.29 is 8.42 Å². The number of sulfonamides is 1. The van der Waals surface area contributed by atoms with Gasteiger partial charge in [0.25, 0.3) is 0 Å². The predicted molar refractivity (Wildman–Crippen MR) is 67.9 cm³/mol. The Balaban J connectivity index is 2.66. The Hall–Kier alpha value is -0.430. The van der Waals surface area contributed by atoms with Crippen LogP contribution in [-0.4, -0.2) is 31.6 Å². The van der Waals surface area contributed by atoms with Gasteiger partial charge in [-0.1, -0.05) is 13.0 Å². The molecule has 6 heteroatoms. The molecular formula is C10H18N2O2S2. The third kappa shape index (κ3) is 3.86. The number of hydrogen-bond acceptors (Lipinski definition) is 4. The average molecular weight is 262 g/mol. The summed E-state index contributed by atoms with van der Waals surface area (Å²) >= 11 is 1.58. The quantitative estimate of drug-likeness (QED) is 0.804. The number of nitrogens with zero attached hydrogens (tertiary/aromatic N) is 1. The Morgan fingerprint density at radius 2 is 2.25 bits per heavy atom. The van der Waals surface area contributed by atoms with Gasteiger partial charge in [0.2, 0.25) is 10.0 Å². The second-order valence-electron chi connectivity index (χ2n) is 3.46. The molecule has 0 aliphatic rings. The molecule has 4 nitrogen and oxygen atoms in total. The molecule has 0 aliphatic carbocycles. The van der Waals surface area contributed by atoms with Gasteiger partial charge in [-0.05, 0) is 24.4 Å². The van der Waals surface area contributed by atoms with Crippen LogP contribution in [-0.2, 0) is 16.6 Å². The van der Waals surface area contributed by atoms with Crippen molar-refractivity contribution in [2.75, 3.05) is 18.8 Å². The number of thiophene rings is 1. The van der Waals surface area contributed by atoms with Crippen molar-refractivity contribution in [1.29, 1.82) is 0 Å². The van der Waals surface area contributed by atoms with E-state index in [9.17, 15) is 8.42 Å². The molecule has 0 bridgehead atoms. The van der Waals surface area contributed by atoms with Gasteiger partial charge in [0.1, 0.15) is 0 Å². The highest BCUT2D eigenvalue weighted by Gasteiger charge is 2.20. The Morgan fingerprint density at radius 3 is 2.75 bits per heavy atom. The summed E-state index contributed by atoms with van der Waals surface area (Å²) < 4.78 is 25.4. The van der Waals surface area contributed by atoms with Crippen LogP contribution in [0.5, 0.6) is 0 Å². The molecule has 0 radical (unpaired) electrons. The Labute approximate surface area is 101 Å². The standard InChI is InChI=1S/C10H18N2O2S2/c1-2-12(9-10-5-3-7-15-10)16(13,14)8-4-6-11/h3,5,7H,2,4,6,8-9,11H2,1H3. The van der Waals surface area contributed by atoms with Crippen LogP contribution >= 0.6 is 11.3 Å². The fraction of sp³-hybridized carbons (Fsp3) is 0.600. The van der Waals surface area contributed by atoms with Crippen LogP contribution in [0.25, 0.3) is 0 Å². The minimum absolute atomic E-state index is 0.142. The molecule has 92 valence electrons. The molecule has 1 aromatic rings. The maximum absolute atomic E-state index is 11.9. The van der Waals surface area contributed by atoms with Crippen LogP contribution in [0.3, 0.4) is 0 Å². The molecule has 0 fully saturated rings. The van der Waals surface area contributed by atoms with Crippen molar-refractivity contribution >= 4 is 21.4 Å². The Kier molecular flexibility index (Phi) is 5.40. The van der Waals surface area contributed by atoms with Crippen molar-refractivity contribution in [1.82, 2.24) is 4.31 Å². The van der Waals surface area contributed by atoms with Gasteiger partial charge in [0.15, 0.2) is 0 Å². The van der Waals surface area contributed by atoms with Gasteiger partial charge in [-0.25, -0.2) is 8.42 Å². The second-order valence-corrected chi connectivity index (χ2v) is 6.58. The highest BCUT2D eigenvalue weighted by atomic mass is 32.2. The van der Waals surface area contributed by atoms with Crippen LogP contribution in [0.4, 0.5) is 0 Å². The maximum atomic E-state index is 11.9. The lowest BCUT2D eigenvalue weighted by Crippen LogP contribution is -2.32. The summed E-state index contributed by atoms with van der Waals surface area (Å²) in [6, 6.07) is 3.88. The van der Waals surface area contributed by atoms with E-state index in [0.29, 0.717) is 26.1 Å². The summed E-state index contributed by atoms with van der Waals surface area (Å²) in [6.45, 7) is 3.25. The molecule has 16 heavy (non-hydrogen) atoms. The molecule has 1 aromatic heterocycles. The zero-order chi connectivity index (χ0) is 12.0. The first-order valence-electron chi connectivity index (χ1n) is 5.30. The monoisotopic (exact) mass is 262 g/mol. The summed E-state index contributed by atoms with van der Waals surface area (Å²) in [6.07, 6.45) is 0.517. The molecule has 0 atom stereocenters. The van der Waals surface area contributed by atoms with Crippen molar-refractivity contribution in [3.63, 3.8) is 0 Å². The first-order valence-corrected chi connectivity index (χ1v) is 7.79. The number of hydrogen-bond donors (Lipinski definition) is 1. The first kappa shape index (κ1) is 13.6. The molecule has 0 spiro atoms. The van der Waals surface area contributed by atoms with Gasteiger partial charge in [-0.2, -0.15) is 4.31 Å². The summed E-state index contributed by atoms with van der Waals surface area (Å²) in [5.74, 6) is 0.142. The number of rotatable bonds is 7. The fourth-order valence-corrected chi connectivity index (χ4v) is 3.70. The highest BCUT2D eigenvalue weighted by molar-refractivity contribution is 7.89. The summed E-state index contributed by atoms with van der Waals surface area (Å²) in [5, 5.41) is 1.95. The van der Waals surface area contributed by atoms with Gasteiger partial charge in [-0.15, -0.1) is 11.3 Å². The normalized spacial score (nSPS) is 12.2. The number of nitrogens with two attached hydrogens (primary N) is 1. The highest BCUT2D eigenvalue weighted by Crippen LogP contribution is 2.14. The van der Waals surface area contributed by atoms with E-state index < -0.39 is 10.0 Å². The summed E-state index contributed by atoms with van der Waals surface area (Å²) in [4.78, 5) is 1.07. The van der Waals surface area contributed by atoms with E-state index in [-0.39, 0.29) is 5.75 Å². The molecule has 0 saturated heterocycles. The van der Waals surface area contributed by atoms with E-state index in [4.69, 9.17) is 5.73 Å². The Morgan fingerprint density at radius 1 is 1.50 bits per heavy atom. The first-order chi connectivity index (χ1) is 7.60. The topological polar surface area (TPSA) is 63.4 Å². The van der Waals surface area contributed by atoms with Gasteiger partial charge in [0, 0.05) is 18.0 Å². The van der Waals surface area contributed by atoms with E-state index in [2.05, 4.69) is 0 Å². The molecule has 0 saturated carbocycles. The Bertz CT molecular complexity index is 387. The molecule has 2 N–H and O–H groups in total. The van der Waals surface area contributed by atoms with Crippen LogP contribution in [0.15, 0.2) is 17.5 Å². The van der Waals surface area contributed by atoms with Crippen LogP contribution in [0.2, 0.25) is 0 Å². The zero-order valence-corrected chi connectivity index (χ0v) is 11.1. The van der Waals surface area contributed by atoms with Gasteiger partial charge >= 0.3 is 0 Å². The predicted octanol–water partition coefficient (Wildman–Crippen LogP) is 1.25. The molecule has 1 heterocycles. The minimum atomic E-state index is -3.15. The van der Waals surface area contributed by atoms with Crippen molar-refractivity contribution in [3.8, 4) is 0 Å². The minimum Gasteiger partial charge on any atom is -0.330 e. The SMILES string of the molecule is CCN(Cc1cccs1)S(=O)(=O)CCCN. The molecule has 0 aliphatic heterocycles. The van der Waals surface area contributed by atoms with Crippen LogP contribution < -0.4 is 5.73 Å². The van der Waals surface area contributed by atoms with E-state index in [0.717, 1.165) is 4.88 Å². The lowest BCUT2D eigenvalue weighted by Gasteiger charge is -2.19. The fourth-order valence-electron chi connectivity index (χ4n) is 1.38. The van der Waals surface area contributed by atoms with E-state index in [1.54, 1.807) is 11.3 Å². The van der Waals surface area contributed by atoms with Crippen molar-refractivity contribution in [3.05, 3.63) is 22.4 Å². The lowest BCUT2D eigenvalue weighted by atomic mass is 10.4. The molecular weight excluding hydrogens is 244 g/mol. The molecule has 0 amide bonds. The van der Waals surface area contributed by atoms with Crippen LogP contribution in [0, 0.1) is 0 Å². The smallest absolute Gasteiger partial charge is 0.214 e. The van der Waals surface area contributed by atoms with Gasteiger partial charge in [0.05, 0.1) is 5.75 Å². The van der Waals surface area contributed by atoms with Crippen molar-refractivity contribution in [2.24, 2.45) is 5.73 Å². The molecule has 0 aromatic carbocycles. The third-order valence-corrected chi connectivity index (χ3v) is 5.10. The summed E-state index contributed by atoms with van der Waals surface area (Å²) in [5.41, 5.74) is 5.33. The van der Waals surface area contributed by atoms with Gasteiger partial charge < -0.3 is 5.73 Å². The average Bonchev–Trinajstić information content (AvgIpc) is 2.75. The summed E-state index contributed by atoms with van der Waals surface area (Å²) in [7, 11) is -3.15. The van der Waals surface area contributed by atoms with E-state index >= 15 is 0 Å². The van der Waals surface area contributed by atoms with E-state index in [1.165, 1.54) is 4.31 Å². The second kappa shape index (κ2) is 6.34. The molecule has 0 unspecified atom stereocenters. The molecule has 1 rings (SSSR count). The van der Waals surface area contributed by atoms with Crippen molar-refractivity contribution in [2.45, 2.75) is 19.9 Å².